The maximum absolute atomic E-state index is 12.4. The van der Waals surface area contributed by atoms with E-state index < -0.39 is 6.36 Å². The summed E-state index contributed by atoms with van der Waals surface area (Å²) >= 11 is 0. The Bertz CT molecular complexity index is 1100. The molecule has 2 heterocycles. The van der Waals surface area contributed by atoms with Crippen molar-refractivity contribution in [3.8, 4) is 11.4 Å². The maximum atomic E-state index is 12.4. The number of anilines is 2. The Labute approximate surface area is 151 Å². The fraction of sp³-hybridized carbons (Fsp3) is 0.118. The molecule has 0 amide bonds. The van der Waals surface area contributed by atoms with Gasteiger partial charge in [0.05, 0.1) is 16.9 Å². The molecular weight excluding hydrogens is 361 g/mol. The first kappa shape index (κ1) is 16.9. The van der Waals surface area contributed by atoms with E-state index in [1.54, 1.807) is 10.7 Å². The van der Waals surface area contributed by atoms with E-state index in [0.29, 0.717) is 11.6 Å². The average molecular weight is 374 g/mol. The second-order valence-corrected chi connectivity index (χ2v) is 5.72. The quantitative estimate of drug-likeness (QED) is 0.588. The Balaban J connectivity index is 1.59. The SMILES string of the molecule is Cn1cc2c(Nc3ncn(-c4cccc(OC(F)(F)F)c4)n3)cccc2n1. The lowest BCUT2D eigenvalue weighted by molar-refractivity contribution is -0.274. The molecule has 0 fully saturated rings. The van der Waals surface area contributed by atoms with E-state index in [9.17, 15) is 13.2 Å². The van der Waals surface area contributed by atoms with Gasteiger partial charge >= 0.3 is 6.36 Å². The van der Waals surface area contributed by atoms with Crippen molar-refractivity contribution in [1.29, 1.82) is 0 Å². The number of hydrogen-bond acceptors (Lipinski definition) is 5. The van der Waals surface area contributed by atoms with Gasteiger partial charge in [0.25, 0.3) is 0 Å². The summed E-state index contributed by atoms with van der Waals surface area (Å²) in [6, 6.07) is 11.1. The lowest BCUT2D eigenvalue weighted by atomic mass is 10.2. The molecule has 1 N–H and O–H groups in total. The molecule has 0 spiro atoms. The molecular formula is C17H13F3N6O. The number of benzene rings is 2. The molecule has 0 radical (unpaired) electrons. The summed E-state index contributed by atoms with van der Waals surface area (Å²) in [6.07, 6.45) is -1.48. The van der Waals surface area contributed by atoms with Crippen LogP contribution in [0.4, 0.5) is 24.8 Å². The number of aromatic nitrogens is 5. The maximum Gasteiger partial charge on any atom is 0.573 e. The number of alkyl halides is 3. The molecule has 0 aliphatic heterocycles. The first-order chi connectivity index (χ1) is 12.9. The molecule has 10 heteroatoms. The molecule has 138 valence electrons. The van der Waals surface area contributed by atoms with Gasteiger partial charge in [0.1, 0.15) is 12.1 Å². The molecule has 0 saturated heterocycles. The second-order valence-electron chi connectivity index (χ2n) is 5.72. The van der Waals surface area contributed by atoms with Crippen LogP contribution in [0.3, 0.4) is 0 Å². The van der Waals surface area contributed by atoms with Gasteiger partial charge in [0.15, 0.2) is 0 Å². The number of halogens is 3. The van der Waals surface area contributed by atoms with Gasteiger partial charge < -0.3 is 10.1 Å². The van der Waals surface area contributed by atoms with E-state index in [2.05, 4.69) is 25.2 Å². The van der Waals surface area contributed by atoms with Crippen LogP contribution in [0.25, 0.3) is 16.6 Å². The highest BCUT2D eigenvalue weighted by atomic mass is 19.4. The summed E-state index contributed by atoms with van der Waals surface area (Å²) in [7, 11) is 1.83. The molecule has 0 aliphatic rings. The summed E-state index contributed by atoms with van der Waals surface area (Å²) in [6.45, 7) is 0. The van der Waals surface area contributed by atoms with E-state index >= 15 is 0 Å². The van der Waals surface area contributed by atoms with Crippen LogP contribution >= 0.6 is 0 Å². The van der Waals surface area contributed by atoms with Crippen molar-refractivity contribution in [2.45, 2.75) is 6.36 Å². The molecule has 4 rings (SSSR count). The highest BCUT2D eigenvalue weighted by molar-refractivity contribution is 5.92. The zero-order chi connectivity index (χ0) is 19.0. The van der Waals surface area contributed by atoms with E-state index in [-0.39, 0.29) is 5.75 Å². The van der Waals surface area contributed by atoms with Crippen molar-refractivity contribution < 1.29 is 17.9 Å². The van der Waals surface area contributed by atoms with Crippen molar-refractivity contribution in [3.05, 3.63) is 55.0 Å². The van der Waals surface area contributed by atoms with E-state index in [4.69, 9.17) is 0 Å². The molecule has 2 aromatic carbocycles. The van der Waals surface area contributed by atoms with Gasteiger partial charge in [0, 0.05) is 24.7 Å². The molecule has 7 nitrogen and oxygen atoms in total. The van der Waals surface area contributed by atoms with Crippen LogP contribution in [0.5, 0.6) is 5.75 Å². The fourth-order valence-corrected chi connectivity index (χ4v) is 2.66. The number of nitrogens with zero attached hydrogens (tertiary/aromatic N) is 5. The van der Waals surface area contributed by atoms with Crippen molar-refractivity contribution in [1.82, 2.24) is 24.5 Å². The third-order valence-corrected chi connectivity index (χ3v) is 3.72. The normalized spacial score (nSPS) is 11.7. The largest absolute Gasteiger partial charge is 0.573 e. The topological polar surface area (TPSA) is 69.8 Å². The fourth-order valence-electron chi connectivity index (χ4n) is 2.66. The third kappa shape index (κ3) is 3.68. The third-order valence-electron chi connectivity index (χ3n) is 3.72. The molecule has 0 bridgehead atoms. The van der Waals surface area contributed by atoms with Crippen molar-refractivity contribution in [2.75, 3.05) is 5.32 Å². The van der Waals surface area contributed by atoms with Crippen molar-refractivity contribution >= 4 is 22.5 Å². The Morgan fingerprint density at radius 3 is 2.70 bits per heavy atom. The summed E-state index contributed by atoms with van der Waals surface area (Å²) in [5, 5.41) is 12.6. The van der Waals surface area contributed by atoms with Gasteiger partial charge in [-0.3, -0.25) is 4.68 Å². The van der Waals surface area contributed by atoms with Crippen LogP contribution in [0, 0.1) is 0 Å². The molecule has 0 saturated carbocycles. The minimum absolute atomic E-state index is 0.300. The molecule has 2 aromatic heterocycles. The highest BCUT2D eigenvalue weighted by Crippen LogP contribution is 2.26. The van der Waals surface area contributed by atoms with Crippen molar-refractivity contribution in [3.63, 3.8) is 0 Å². The zero-order valence-electron chi connectivity index (χ0n) is 14.0. The van der Waals surface area contributed by atoms with Gasteiger partial charge in [-0.2, -0.15) is 10.1 Å². The predicted octanol–water partition coefficient (Wildman–Crippen LogP) is 3.80. The Kier molecular flexibility index (Phi) is 3.94. The molecule has 27 heavy (non-hydrogen) atoms. The van der Waals surface area contributed by atoms with Crippen LogP contribution in [-0.4, -0.2) is 30.9 Å². The number of nitrogens with one attached hydrogen (secondary N) is 1. The second kappa shape index (κ2) is 6.31. The van der Waals surface area contributed by atoms with Crippen LogP contribution < -0.4 is 10.1 Å². The number of aryl methyl sites for hydroxylation is 1. The number of fused-ring (bicyclic) bond motifs is 1. The smallest absolute Gasteiger partial charge is 0.406 e. The average Bonchev–Trinajstić information content (AvgIpc) is 3.20. The van der Waals surface area contributed by atoms with Crippen molar-refractivity contribution in [2.24, 2.45) is 7.05 Å². The lowest BCUT2D eigenvalue weighted by Gasteiger charge is -2.09. The first-order valence-electron chi connectivity index (χ1n) is 7.85. The molecule has 4 aromatic rings. The van der Waals surface area contributed by atoms with Crippen LogP contribution in [0.15, 0.2) is 55.0 Å². The Morgan fingerprint density at radius 2 is 1.89 bits per heavy atom. The highest BCUT2D eigenvalue weighted by Gasteiger charge is 2.31. The first-order valence-corrected chi connectivity index (χ1v) is 7.85. The predicted molar refractivity (Wildman–Crippen MR) is 92.0 cm³/mol. The minimum Gasteiger partial charge on any atom is -0.406 e. The molecule has 0 unspecified atom stereocenters. The number of ether oxygens (including phenoxy) is 1. The lowest BCUT2D eigenvalue weighted by Crippen LogP contribution is -2.17. The zero-order valence-corrected chi connectivity index (χ0v) is 14.0. The van der Waals surface area contributed by atoms with Gasteiger partial charge in [0.2, 0.25) is 5.95 Å². The van der Waals surface area contributed by atoms with Gasteiger partial charge in [-0.1, -0.05) is 12.1 Å². The summed E-state index contributed by atoms with van der Waals surface area (Å²) in [5.74, 6) is -0.0290. The van der Waals surface area contributed by atoms with Gasteiger partial charge in [-0.15, -0.1) is 18.3 Å². The standard InChI is InChI=1S/C17H13F3N6O/c1-25-9-13-14(6-3-7-15(13)23-25)22-16-21-10-26(24-16)11-4-2-5-12(8-11)27-17(18,19)20/h2-10H,1H3,(H,22,24). The number of hydrogen-bond donors (Lipinski definition) is 1. The minimum atomic E-state index is -4.75. The number of rotatable bonds is 4. The van der Waals surface area contributed by atoms with Crippen LogP contribution in [-0.2, 0) is 7.05 Å². The van der Waals surface area contributed by atoms with Crippen LogP contribution in [0.1, 0.15) is 0 Å². The summed E-state index contributed by atoms with van der Waals surface area (Å²) in [5.41, 5.74) is 1.98. The van der Waals surface area contributed by atoms with E-state index in [0.717, 1.165) is 16.6 Å². The Hall–Kier alpha value is -3.56. The van der Waals surface area contributed by atoms with Gasteiger partial charge in [-0.05, 0) is 24.3 Å². The van der Waals surface area contributed by atoms with Crippen LogP contribution in [0.2, 0.25) is 0 Å². The summed E-state index contributed by atoms with van der Waals surface area (Å²) in [4.78, 5) is 4.16. The van der Waals surface area contributed by atoms with E-state index in [1.807, 2.05) is 31.4 Å². The summed E-state index contributed by atoms with van der Waals surface area (Å²) < 4.78 is 44.1. The Morgan fingerprint density at radius 1 is 1.07 bits per heavy atom. The monoisotopic (exact) mass is 374 g/mol. The molecule has 0 atom stereocenters. The molecule has 0 aliphatic carbocycles. The van der Waals surface area contributed by atoms with E-state index in [1.165, 1.54) is 29.2 Å². The van der Waals surface area contributed by atoms with Gasteiger partial charge in [-0.25, -0.2) is 4.68 Å².